The molecule has 0 saturated carbocycles. The van der Waals surface area contributed by atoms with E-state index in [2.05, 4.69) is 170 Å². The molecule has 2 heterocycles. The van der Waals surface area contributed by atoms with Crippen molar-refractivity contribution in [2.45, 2.75) is 6.61 Å². The van der Waals surface area contributed by atoms with E-state index in [-0.39, 0.29) is 0 Å². The van der Waals surface area contributed by atoms with Crippen molar-refractivity contribution in [3.63, 3.8) is 0 Å². The fraction of sp³-hybridized carbons (Fsp3) is 0.0213. The molecule has 0 saturated heterocycles. The van der Waals surface area contributed by atoms with Crippen LogP contribution in [-0.4, -0.2) is 9.97 Å². The molecule has 0 bridgehead atoms. The van der Waals surface area contributed by atoms with Crippen molar-refractivity contribution in [1.29, 1.82) is 0 Å². The van der Waals surface area contributed by atoms with E-state index in [1.54, 1.807) is 0 Å². The van der Waals surface area contributed by atoms with Gasteiger partial charge < -0.3 is 4.74 Å². The van der Waals surface area contributed by atoms with E-state index >= 15 is 0 Å². The van der Waals surface area contributed by atoms with Crippen molar-refractivity contribution in [3.05, 3.63) is 188 Å². The van der Waals surface area contributed by atoms with Gasteiger partial charge in [-0.1, -0.05) is 158 Å². The topological polar surface area (TPSA) is 35.0 Å². The molecule has 1 aliphatic rings. The van der Waals surface area contributed by atoms with E-state index in [1.807, 2.05) is 12.1 Å². The van der Waals surface area contributed by atoms with Crippen molar-refractivity contribution < 1.29 is 4.74 Å². The fourth-order valence-corrected chi connectivity index (χ4v) is 6.86. The Kier molecular flexibility index (Phi) is 7.56. The first-order valence-corrected chi connectivity index (χ1v) is 16.9. The van der Waals surface area contributed by atoms with Crippen LogP contribution in [0.2, 0.25) is 0 Å². The lowest BCUT2D eigenvalue weighted by atomic mass is 9.89. The second-order valence-corrected chi connectivity index (χ2v) is 12.6. The first-order chi connectivity index (χ1) is 24.8. The van der Waals surface area contributed by atoms with Crippen LogP contribution in [-0.2, 0) is 6.61 Å². The maximum atomic E-state index is 6.17. The van der Waals surface area contributed by atoms with E-state index in [9.17, 15) is 0 Å². The Morgan fingerprint density at radius 1 is 0.360 bits per heavy atom. The summed E-state index contributed by atoms with van der Waals surface area (Å²) in [5.41, 5.74) is 15.3. The molecule has 0 fully saturated rings. The van der Waals surface area contributed by atoms with E-state index in [1.165, 1.54) is 22.3 Å². The minimum absolute atomic E-state index is 0.587. The molecule has 1 aliphatic heterocycles. The largest absolute Gasteiger partial charge is 0.488 e. The predicted octanol–water partition coefficient (Wildman–Crippen LogP) is 12.0. The standard InChI is InChI=1S/C47H32N2O/c1-3-12-32(13-4-1)36-17-9-19-38(28-36)43-30-44(39-20-10-18-37(29-39)33-14-5-2-6-15-33)49-47(48-43)35-26-24-34(25-27-35)41-22-11-23-45-46(41)42-21-8-7-16-40(42)31-50-45/h1-30H,31H2. The Labute approximate surface area is 292 Å². The molecule has 0 spiro atoms. The lowest BCUT2D eigenvalue weighted by molar-refractivity contribution is 0.302. The number of ether oxygens (including phenoxy) is 1. The second kappa shape index (κ2) is 12.8. The molecule has 0 amide bonds. The third-order valence-electron chi connectivity index (χ3n) is 9.41. The molecule has 236 valence electrons. The Morgan fingerprint density at radius 3 is 1.50 bits per heavy atom. The lowest BCUT2D eigenvalue weighted by Gasteiger charge is -2.23. The number of hydrogen-bond acceptors (Lipinski definition) is 3. The van der Waals surface area contributed by atoms with Gasteiger partial charge in [-0.2, -0.15) is 0 Å². The van der Waals surface area contributed by atoms with Gasteiger partial charge in [0.05, 0.1) is 11.4 Å². The average molecular weight is 641 g/mol. The fourth-order valence-electron chi connectivity index (χ4n) is 6.86. The second-order valence-electron chi connectivity index (χ2n) is 12.6. The SMILES string of the molecule is c1ccc(-c2cccc(-c3cc(-c4cccc(-c5ccccc5)c4)nc(-c4ccc(-c5cccc6c5-c5ccccc5CO6)cc4)n3)c2)cc1. The minimum atomic E-state index is 0.587. The van der Waals surface area contributed by atoms with E-state index in [0.717, 1.165) is 61.6 Å². The zero-order valence-electron chi connectivity index (χ0n) is 27.3. The summed E-state index contributed by atoms with van der Waals surface area (Å²) in [5, 5.41) is 0. The summed E-state index contributed by atoms with van der Waals surface area (Å²) in [6.07, 6.45) is 0. The molecule has 3 nitrogen and oxygen atoms in total. The van der Waals surface area contributed by atoms with Gasteiger partial charge in [-0.05, 0) is 68.8 Å². The van der Waals surface area contributed by atoms with Gasteiger partial charge >= 0.3 is 0 Å². The molecule has 7 aromatic carbocycles. The summed E-state index contributed by atoms with van der Waals surface area (Å²) in [5.74, 6) is 1.60. The normalized spacial score (nSPS) is 11.7. The number of fused-ring (bicyclic) bond motifs is 3. The van der Waals surface area contributed by atoms with Crippen LogP contribution in [0.1, 0.15) is 5.56 Å². The van der Waals surface area contributed by atoms with E-state index < -0.39 is 0 Å². The highest BCUT2D eigenvalue weighted by Gasteiger charge is 2.21. The van der Waals surface area contributed by atoms with Crippen LogP contribution in [0.5, 0.6) is 5.75 Å². The number of benzene rings is 7. The molecule has 0 atom stereocenters. The van der Waals surface area contributed by atoms with Crippen molar-refractivity contribution >= 4 is 0 Å². The zero-order valence-corrected chi connectivity index (χ0v) is 27.3. The van der Waals surface area contributed by atoms with Crippen molar-refractivity contribution in [2.75, 3.05) is 0 Å². The van der Waals surface area contributed by atoms with Gasteiger partial charge in [0.25, 0.3) is 0 Å². The highest BCUT2D eigenvalue weighted by molar-refractivity contribution is 5.90. The van der Waals surface area contributed by atoms with Gasteiger partial charge in [0.15, 0.2) is 5.82 Å². The van der Waals surface area contributed by atoms with Gasteiger partial charge in [-0.3, -0.25) is 0 Å². The Bertz CT molecular complexity index is 2370. The molecule has 0 radical (unpaired) electrons. The molecular formula is C47H32N2O. The van der Waals surface area contributed by atoms with Crippen LogP contribution in [0, 0.1) is 0 Å². The van der Waals surface area contributed by atoms with E-state index in [0.29, 0.717) is 12.4 Å². The van der Waals surface area contributed by atoms with Crippen LogP contribution >= 0.6 is 0 Å². The summed E-state index contributed by atoms with van der Waals surface area (Å²) in [7, 11) is 0. The minimum Gasteiger partial charge on any atom is -0.488 e. The molecule has 1 aromatic heterocycles. The number of hydrogen-bond donors (Lipinski definition) is 0. The van der Waals surface area contributed by atoms with Gasteiger partial charge in [-0.25, -0.2) is 9.97 Å². The third kappa shape index (κ3) is 5.65. The first-order valence-electron chi connectivity index (χ1n) is 16.9. The van der Waals surface area contributed by atoms with Crippen LogP contribution in [0.15, 0.2) is 182 Å². The summed E-state index contributed by atoms with van der Waals surface area (Å²) in [6.45, 7) is 0.587. The maximum absolute atomic E-state index is 6.17. The molecule has 9 rings (SSSR count). The Balaban J connectivity index is 1.15. The molecule has 3 heteroatoms. The first kappa shape index (κ1) is 29.6. The monoisotopic (exact) mass is 640 g/mol. The molecule has 50 heavy (non-hydrogen) atoms. The van der Waals surface area contributed by atoms with Gasteiger partial charge in [0.1, 0.15) is 12.4 Å². The molecular weight excluding hydrogens is 609 g/mol. The summed E-state index contributed by atoms with van der Waals surface area (Å²) >= 11 is 0. The van der Waals surface area contributed by atoms with Crippen LogP contribution in [0.3, 0.4) is 0 Å². The lowest BCUT2D eigenvalue weighted by Crippen LogP contribution is -2.06. The summed E-state index contributed by atoms with van der Waals surface area (Å²) in [4.78, 5) is 10.4. The maximum Gasteiger partial charge on any atom is 0.160 e. The Hall–Kier alpha value is -6.58. The number of nitrogens with zero attached hydrogens (tertiary/aromatic N) is 2. The number of rotatable bonds is 6. The van der Waals surface area contributed by atoms with E-state index in [4.69, 9.17) is 14.7 Å². The molecule has 0 aliphatic carbocycles. The number of aromatic nitrogens is 2. The molecule has 8 aromatic rings. The van der Waals surface area contributed by atoms with Crippen LogP contribution < -0.4 is 4.74 Å². The van der Waals surface area contributed by atoms with Crippen LogP contribution in [0.4, 0.5) is 0 Å². The smallest absolute Gasteiger partial charge is 0.160 e. The predicted molar refractivity (Wildman–Crippen MR) is 204 cm³/mol. The molecule has 0 unspecified atom stereocenters. The summed E-state index contributed by atoms with van der Waals surface area (Å²) < 4.78 is 6.17. The van der Waals surface area contributed by atoms with Gasteiger partial charge in [0, 0.05) is 22.3 Å². The van der Waals surface area contributed by atoms with Crippen molar-refractivity contribution in [1.82, 2.24) is 9.97 Å². The molecule has 0 N–H and O–H groups in total. The highest BCUT2D eigenvalue weighted by Crippen LogP contribution is 2.44. The van der Waals surface area contributed by atoms with Gasteiger partial charge in [0.2, 0.25) is 0 Å². The van der Waals surface area contributed by atoms with Crippen molar-refractivity contribution in [2.24, 2.45) is 0 Å². The Morgan fingerprint density at radius 2 is 0.860 bits per heavy atom. The quantitative estimate of drug-likeness (QED) is 0.181. The third-order valence-corrected chi connectivity index (χ3v) is 9.41. The van der Waals surface area contributed by atoms with Crippen molar-refractivity contribution in [3.8, 4) is 84.2 Å². The average Bonchev–Trinajstić information content (AvgIpc) is 3.21. The highest BCUT2D eigenvalue weighted by atomic mass is 16.5. The van der Waals surface area contributed by atoms with Gasteiger partial charge in [-0.15, -0.1) is 0 Å². The zero-order chi connectivity index (χ0) is 33.3. The summed E-state index contributed by atoms with van der Waals surface area (Å²) in [6, 6.07) is 63.7. The van der Waals surface area contributed by atoms with Crippen LogP contribution in [0.25, 0.3) is 78.4 Å².